The van der Waals surface area contributed by atoms with Gasteiger partial charge in [-0.2, -0.15) is 12.7 Å². The van der Waals surface area contributed by atoms with Crippen LogP contribution in [0.4, 0.5) is 10.1 Å². The third-order valence-corrected chi connectivity index (χ3v) is 7.37. The maximum Gasteiger partial charge on any atom is 0.304 e. The van der Waals surface area contributed by atoms with Crippen molar-refractivity contribution < 1.29 is 22.4 Å². The lowest BCUT2D eigenvalue weighted by molar-refractivity contribution is -0.140. The largest absolute Gasteiger partial charge is 0.352 e. The fourth-order valence-corrected chi connectivity index (χ4v) is 4.65. The molecule has 0 aliphatic rings. The van der Waals surface area contributed by atoms with Crippen LogP contribution in [0.15, 0.2) is 48.5 Å². The monoisotopic (exact) mass is 506 g/mol. The standard InChI is InChI=1S/C25H35FN4O4S/c1-7-23(25(32)27-18(2)3)29(16-20-11-9-8-10-19(20)4)24(31)17-30(35(33,34)28(5)6)22-14-12-21(26)13-15-22/h8-15,18,23H,7,16-17H2,1-6H3,(H,27,32). The highest BCUT2D eigenvalue weighted by atomic mass is 32.2. The number of anilines is 1. The molecule has 0 saturated carbocycles. The summed E-state index contributed by atoms with van der Waals surface area (Å²) in [7, 11) is -1.38. The summed E-state index contributed by atoms with van der Waals surface area (Å²) in [6, 6.07) is 11.5. The normalized spacial score (nSPS) is 12.5. The van der Waals surface area contributed by atoms with E-state index in [4.69, 9.17) is 0 Å². The van der Waals surface area contributed by atoms with E-state index in [1.165, 1.54) is 31.1 Å². The molecule has 2 amide bonds. The van der Waals surface area contributed by atoms with Crippen LogP contribution in [0, 0.1) is 12.7 Å². The molecule has 0 aromatic heterocycles. The fraction of sp³-hybridized carbons (Fsp3) is 0.440. The van der Waals surface area contributed by atoms with Crippen LogP contribution in [0.5, 0.6) is 0 Å². The van der Waals surface area contributed by atoms with E-state index in [1.54, 1.807) is 6.92 Å². The molecule has 0 heterocycles. The number of aryl methyl sites for hydroxylation is 1. The van der Waals surface area contributed by atoms with Crippen LogP contribution in [-0.2, 0) is 26.3 Å². The summed E-state index contributed by atoms with van der Waals surface area (Å²) in [5, 5.41) is 2.85. The van der Waals surface area contributed by atoms with Crippen molar-refractivity contribution in [2.75, 3.05) is 24.9 Å². The Hall–Kier alpha value is -2.98. The highest BCUT2D eigenvalue weighted by Crippen LogP contribution is 2.22. The van der Waals surface area contributed by atoms with E-state index in [-0.39, 0.29) is 24.2 Å². The molecule has 10 heteroatoms. The van der Waals surface area contributed by atoms with Crippen LogP contribution in [0.1, 0.15) is 38.3 Å². The molecule has 1 unspecified atom stereocenters. The number of carbonyl (C=O) groups is 2. The highest BCUT2D eigenvalue weighted by Gasteiger charge is 2.34. The molecule has 0 aliphatic heterocycles. The molecule has 2 rings (SSSR count). The van der Waals surface area contributed by atoms with Crippen LogP contribution >= 0.6 is 0 Å². The van der Waals surface area contributed by atoms with E-state index in [9.17, 15) is 22.4 Å². The van der Waals surface area contributed by atoms with E-state index in [0.29, 0.717) is 6.42 Å². The molecule has 0 spiro atoms. The van der Waals surface area contributed by atoms with Crippen LogP contribution in [0.3, 0.4) is 0 Å². The number of hydrogen-bond acceptors (Lipinski definition) is 4. The van der Waals surface area contributed by atoms with Crippen molar-refractivity contribution in [1.82, 2.24) is 14.5 Å². The molecular formula is C25H35FN4O4S. The molecule has 1 atom stereocenters. The zero-order valence-corrected chi connectivity index (χ0v) is 22.0. The Morgan fingerprint density at radius 3 is 2.14 bits per heavy atom. The van der Waals surface area contributed by atoms with Gasteiger partial charge in [0.05, 0.1) is 5.69 Å². The zero-order valence-electron chi connectivity index (χ0n) is 21.2. The Balaban J connectivity index is 2.51. The highest BCUT2D eigenvalue weighted by molar-refractivity contribution is 7.90. The number of hydrogen-bond donors (Lipinski definition) is 1. The summed E-state index contributed by atoms with van der Waals surface area (Å²) in [5.74, 6) is -1.39. The van der Waals surface area contributed by atoms with Gasteiger partial charge in [0.25, 0.3) is 0 Å². The molecule has 0 aliphatic carbocycles. The number of nitrogens with zero attached hydrogens (tertiary/aromatic N) is 3. The van der Waals surface area contributed by atoms with Gasteiger partial charge in [-0.25, -0.2) is 8.70 Å². The molecule has 0 fully saturated rings. The second-order valence-corrected chi connectivity index (χ2v) is 10.9. The topological polar surface area (TPSA) is 90.0 Å². The molecule has 0 radical (unpaired) electrons. The van der Waals surface area contributed by atoms with Crippen molar-refractivity contribution in [1.29, 1.82) is 0 Å². The first-order valence-corrected chi connectivity index (χ1v) is 12.9. The fourth-order valence-electron chi connectivity index (χ4n) is 3.60. The zero-order chi connectivity index (χ0) is 26.3. The first-order chi connectivity index (χ1) is 16.4. The predicted molar refractivity (Wildman–Crippen MR) is 135 cm³/mol. The summed E-state index contributed by atoms with van der Waals surface area (Å²) < 4.78 is 41.7. The van der Waals surface area contributed by atoms with Gasteiger partial charge < -0.3 is 10.2 Å². The molecule has 35 heavy (non-hydrogen) atoms. The van der Waals surface area contributed by atoms with Gasteiger partial charge in [0.1, 0.15) is 18.4 Å². The van der Waals surface area contributed by atoms with Gasteiger partial charge in [0.15, 0.2) is 0 Å². The van der Waals surface area contributed by atoms with Crippen LogP contribution < -0.4 is 9.62 Å². The molecule has 2 aromatic carbocycles. The SMILES string of the molecule is CCC(C(=O)NC(C)C)N(Cc1ccccc1C)C(=O)CN(c1ccc(F)cc1)S(=O)(=O)N(C)C. The quantitative estimate of drug-likeness (QED) is 0.507. The van der Waals surface area contributed by atoms with E-state index in [0.717, 1.165) is 31.9 Å². The molecule has 2 aromatic rings. The van der Waals surface area contributed by atoms with Crippen LogP contribution in [-0.4, -0.2) is 62.2 Å². The maximum atomic E-state index is 13.7. The average Bonchev–Trinajstić information content (AvgIpc) is 2.78. The third-order valence-electron chi connectivity index (χ3n) is 5.55. The van der Waals surface area contributed by atoms with Gasteiger partial charge in [0, 0.05) is 26.7 Å². The molecule has 192 valence electrons. The van der Waals surface area contributed by atoms with Crippen molar-refractivity contribution in [3.05, 3.63) is 65.5 Å². The summed E-state index contributed by atoms with van der Waals surface area (Å²) in [6.45, 7) is 6.96. The summed E-state index contributed by atoms with van der Waals surface area (Å²) in [5.41, 5.74) is 1.94. The van der Waals surface area contributed by atoms with Gasteiger partial charge in [-0.15, -0.1) is 0 Å². The Bertz CT molecular complexity index is 1120. The Morgan fingerprint density at radius 2 is 1.63 bits per heavy atom. The minimum atomic E-state index is -4.09. The van der Waals surface area contributed by atoms with Gasteiger partial charge in [-0.3, -0.25) is 9.59 Å². The number of nitrogens with one attached hydrogen (secondary N) is 1. The number of carbonyl (C=O) groups excluding carboxylic acids is 2. The summed E-state index contributed by atoms with van der Waals surface area (Å²) in [4.78, 5) is 28.2. The number of amides is 2. The lowest BCUT2D eigenvalue weighted by Gasteiger charge is -2.34. The summed E-state index contributed by atoms with van der Waals surface area (Å²) >= 11 is 0. The van der Waals surface area contributed by atoms with Gasteiger partial charge in [-0.05, 0) is 62.6 Å². The smallest absolute Gasteiger partial charge is 0.304 e. The average molecular weight is 507 g/mol. The van der Waals surface area contributed by atoms with Crippen LogP contribution in [0.2, 0.25) is 0 Å². The number of halogens is 1. The molecule has 0 saturated heterocycles. The lowest BCUT2D eigenvalue weighted by Crippen LogP contribution is -2.54. The molecular weight excluding hydrogens is 471 g/mol. The van der Waals surface area contributed by atoms with Gasteiger partial charge in [-0.1, -0.05) is 31.2 Å². The third kappa shape index (κ3) is 7.25. The number of benzene rings is 2. The van der Waals surface area contributed by atoms with Crippen molar-refractivity contribution in [3.63, 3.8) is 0 Å². The Labute approximate surface area is 207 Å². The Morgan fingerprint density at radius 1 is 1.03 bits per heavy atom. The van der Waals surface area contributed by atoms with Crippen molar-refractivity contribution in [2.24, 2.45) is 0 Å². The van der Waals surface area contributed by atoms with Gasteiger partial charge in [0.2, 0.25) is 11.8 Å². The van der Waals surface area contributed by atoms with E-state index in [2.05, 4.69) is 5.32 Å². The Kier molecular flexibility index (Phi) is 9.79. The first-order valence-electron chi connectivity index (χ1n) is 11.5. The van der Waals surface area contributed by atoms with Crippen molar-refractivity contribution in [3.8, 4) is 0 Å². The molecule has 1 N–H and O–H groups in total. The van der Waals surface area contributed by atoms with E-state index < -0.39 is 34.5 Å². The first kappa shape index (κ1) is 28.3. The minimum absolute atomic E-state index is 0.128. The van der Waals surface area contributed by atoms with Crippen LogP contribution in [0.25, 0.3) is 0 Å². The van der Waals surface area contributed by atoms with E-state index >= 15 is 0 Å². The molecule has 8 nitrogen and oxygen atoms in total. The van der Waals surface area contributed by atoms with E-state index in [1.807, 2.05) is 45.0 Å². The second kappa shape index (κ2) is 12.1. The lowest BCUT2D eigenvalue weighted by atomic mass is 10.1. The van der Waals surface area contributed by atoms with Gasteiger partial charge >= 0.3 is 10.2 Å². The summed E-state index contributed by atoms with van der Waals surface area (Å²) in [6.07, 6.45) is 0.340. The molecule has 0 bridgehead atoms. The number of rotatable bonds is 11. The minimum Gasteiger partial charge on any atom is -0.352 e. The van der Waals surface area contributed by atoms with Crippen molar-refractivity contribution >= 4 is 27.7 Å². The maximum absolute atomic E-state index is 13.7. The predicted octanol–water partition coefficient (Wildman–Crippen LogP) is 3.08. The van der Waals surface area contributed by atoms with Crippen molar-refractivity contribution in [2.45, 2.75) is 52.7 Å². The second-order valence-electron chi connectivity index (χ2n) is 8.81.